The van der Waals surface area contributed by atoms with Gasteiger partial charge in [0.25, 0.3) is 0 Å². The Morgan fingerprint density at radius 2 is 1.73 bits per heavy atom. The lowest BCUT2D eigenvalue weighted by molar-refractivity contribution is 0.329. The number of rotatable bonds is 5. The molecule has 0 unspecified atom stereocenters. The number of hydrogen-bond acceptors (Lipinski definition) is 6. The van der Waals surface area contributed by atoms with E-state index in [9.17, 15) is 8.42 Å². The fraction of sp³-hybridized carbons (Fsp3) is 0.273. The summed E-state index contributed by atoms with van der Waals surface area (Å²) in [6.45, 7) is 0.975. The molecule has 7 nitrogen and oxygen atoms in total. The van der Waals surface area contributed by atoms with Crippen molar-refractivity contribution < 1.29 is 12.8 Å². The minimum atomic E-state index is -3.32. The highest BCUT2D eigenvalue weighted by molar-refractivity contribution is 7.88. The molecule has 1 fully saturated rings. The highest BCUT2D eigenvalue weighted by atomic mass is 32.2. The van der Waals surface area contributed by atoms with Gasteiger partial charge in [0.2, 0.25) is 10.0 Å². The van der Waals surface area contributed by atoms with Crippen LogP contribution in [0.5, 0.6) is 0 Å². The number of piperidine rings is 1. The third-order valence-corrected chi connectivity index (χ3v) is 7.39. The highest BCUT2D eigenvalue weighted by Crippen LogP contribution is 2.31. The van der Waals surface area contributed by atoms with Gasteiger partial charge in [0.15, 0.2) is 11.4 Å². The number of para-hydroxylation sites is 1. The summed E-state index contributed by atoms with van der Waals surface area (Å²) in [6, 6.07) is 17.2. The Kier molecular flexibility index (Phi) is 4.88. The van der Waals surface area contributed by atoms with Crippen molar-refractivity contribution >= 4 is 37.9 Å². The second-order valence-electron chi connectivity index (χ2n) is 7.56. The van der Waals surface area contributed by atoms with Crippen molar-refractivity contribution in [3.63, 3.8) is 0 Å². The van der Waals surface area contributed by atoms with E-state index in [1.165, 1.54) is 6.33 Å². The van der Waals surface area contributed by atoms with E-state index >= 15 is 0 Å². The van der Waals surface area contributed by atoms with Gasteiger partial charge in [0, 0.05) is 24.5 Å². The molecule has 154 valence electrons. The number of sulfonamides is 1. The summed E-state index contributed by atoms with van der Waals surface area (Å²) in [4.78, 5) is 8.75. The van der Waals surface area contributed by atoms with E-state index in [4.69, 9.17) is 4.42 Å². The minimum Gasteiger partial charge on any atom is -0.450 e. The Hall–Kier alpha value is -2.97. The third-order valence-electron chi connectivity index (χ3n) is 5.54. The van der Waals surface area contributed by atoms with Crippen molar-refractivity contribution in [3.05, 3.63) is 66.5 Å². The predicted octanol–water partition coefficient (Wildman–Crippen LogP) is 3.78. The Balaban J connectivity index is 1.29. The van der Waals surface area contributed by atoms with Gasteiger partial charge in [-0.15, -0.1) is 0 Å². The predicted molar refractivity (Wildman–Crippen MR) is 117 cm³/mol. The molecular weight excluding hydrogens is 400 g/mol. The Bertz CT molecular complexity index is 1280. The second kappa shape index (κ2) is 7.70. The van der Waals surface area contributed by atoms with Crippen LogP contribution in [0.4, 0.5) is 5.82 Å². The van der Waals surface area contributed by atoms with Crippen LogP contribution >= 0.6 is 0 Å². The molecule has 0 amide bonds. The maximum atomic E-state index is 12.8. The Morgan fingerprint density at radius 3 is 2.53 bits per heavy atom. The molecule has 4 aromatic rings. The summed E-state index contributed by atoms with van der Waals surface area (Å²) < 4.78 is 33.1. The molecule has 2 aromatic heterocycles. The van der Waals surface area contributed by atoms with Crippen LogP contribution in [-0.2, 0) is 15.8 Å². The van der Waals surface area contributed by atoms with Gasteiger partial charge in [0.1, 0.15) is 17.4 Å². The normalized spacial score (nSPS) is 16.3. The van der Waals surface area contributed by atoms with Gasteiger partial charge in [-0.3, -0.25) is 0 Å². The van der Waals surface area contributed by atoms with E-state index in [0.29, 0.717) is 37.3 Å². The van der Waals surface area contributed by atoms with Crippen molar-refractivity contribution in [1.82, 2.24) is 14.3 Å². The number of hydrogen-bond donors (Lipinski definition) is 1. The van der Waals surface area contributed by atoms with Gasteiger partial charge in [-0.05, 0) is 30.5 Å². The van der Waals surface area contributed by atoms with Crippen LogP contribution in [0.3, 0.4) is 0 Å². The molecule has 1 saturated heterocycles. The summed E-state index contributed by atoms with van der Waals surface area (Å²) >= 11 is 0. The summed E-state index contributed by atoms with van der Waals surface area (Å²) in [5.74, 6) is 0.694. The Morgan fingerprint density at radius 1 is 1.00 bits per heavy atom. The first-order chi connectivity index (χ1) is 14.6. The van der Waals surface area contributed by atoms with E-state index in [1.54, 1.807) is 4.31 Å². The van der Waals surface area contributed by atoms with Gasteiger partial charge in [-0.1, -0.05) is 42.5 Å². The zero-order chi connectivity index (χ0) is 20.6. The summed E-state index contributed by atoms with van der Waals surface area (Å²) in [7, 11) is -3.32. The first-order valence-corrected chi connectivity index (χ1v) is 11.6. The lowest BCUT2D eigenvalue weighted by Gasteiger charge is -2.31. The van der Waals surface area contributed by atoms with Crippen LogP contribution in [0.25, 0.3) is 22.1 Å². The van der Waals surface area contributed by atoms with Crippen LogP contribution in [0.1, 0.15) is 18.4 Å². The molecule has 1 aliphatic rings. The molecule has 0 aliphatic carbocycles. The molecule has 30 heavy (non-hydrogen) atoms. The van der Waals surface area contributed by atoms with Crippen LogP contribution in [0, 0.1) is 0 Å². The topological polar surface area (TPSA) is 88.3 Å². The summed E-state index contributed by atoms with van der Waals surface area (Å²) in [6.07, 6.45) is 2.95. The van der Waals surface area contributed by atoms with Crippen LogP contribution < -0.4 is 5.32 Å². The largest absolute Gasteiger partial charge is 0.450 e. The number of nitrogens with one attached hydrogen (secondary N) is 1. The van der Waals surface area contributed by atoms with Crippen molar-refractivity contribution in [1.29, 1.82) is 0 Å². The van der Waals surface area contributed by atoms with E-state index in [-0.39, 0.29) is 11.8 Å². The number of nitrogens with zero attached hydrogens (tertiary/aromatic N) is 3. The van der Waals surface area contributed by atoms with Gasteiger partial charge in [-0.2, -0.15) is 0 Å². The molecule has 3 heterocycles. The number of fused-ring (bicyclic) bond motifs is 3. The number of aromatic nitrogens is 2. The summed E-state index contributed by atoms with van der Waals surface area (Å²) in [5.41, 5.74) is 3.01. The number of anilines is 1. The van der Waals surface area contributed by atoms with E-state index in [2.05, 4.69) is 15.3 Å². The summed E-state index contributed by atoms with van der Waals surface area (Å²) in [5, 5.41) is 4.40. The molecule has 1 aliphatic heterocycles. The maximum absolute atomic E-state index is 12.8. The third kappa shape index (κ3) is 3.64. The first-order valence-electron chi connectivity index (χ1n) is 10.0. The molecule has 8 heteroatoms. The van der Waals surface area contributed by atoms with Crippen LogP contribution in [0.2, 0.25) is 0 Å². The molecule has 5 rings (SSSR count). The molecular formula is C22H22N4O3S. The molecule has 1 N–H and O–H groups in total. The molecule has 2 aromatic carbocycles. The molecule has 0 radical (unpaired) electrons. The average Bonchev–Trinajstić information content (AvgIpc) is 3.14. The molecule has 0 spiro atoms. The number of benzene rings is 2. The zero-order valence-corrected chi connectivity index (χ0v) is 17.2. The fourth-order valence-corrected chi connectivity index (χ4v) is 5.54. The first kappa shape index (κ1) is 19.0. The monoisotopic (exact) mass is 422 g/mol. The number of furan rings is 1. The van der Waals surface area contributed by atoms with Crippen molar-refractivity contribution in [3.8, 4) is 0 Å². The highest BCUT2D eigenvalue weighted by Gasteiger charge is 2.28. The lowest BCUT2D eigenvalue weighted by atomic mass is 10.1. The van der Waals surface area contributed by atoms with Gasteiger partial charge in [-0.25, -0.2) is 22.7 Å². The fourth-order valence-electron chi connectivity index (χ4n) is 3.97. The van der Waals surface area contributed by atoms with Gasteiger partial charge in [0.05, 0.1) is 5.75 Å². The van der Waals surface area contributed by atoms with Crippen LogP contribution in [-0.4, -0.2) is 41.8 Å². The SMILES string of the molecule is O=S(=O)(Cc1ccccc1)N1CCC(Nc2ncnc3c2oc2ccccc23)CC1. The van der Waals surface area contributed by atoms with Crippen molar-refractivity contribution in [2.75, 3.05) is 18.4 Å². The smallest absolute Gasteiger partial charge is 0.218 e. The van der Waals surface area contributed by atoms with E-state index in [0.717, 1.165) is 22.0 Å². The van der Waals surface area contributed by atoms with Gasteiger partial charge >= 0.3 is 0 Å². The van der Waals surface area contributed by atoms with E-state index in [1.807, 2.05) is 54.6 Å². The Labute approximate surface area is 174 Å². The lowest BCUT2D eigenvalue weighted by Crippen LogP contribution is -2.42. The van der Waals surface area contributed by atoms with Crippen LogP contribution in [0.15, 0.2) is 65.3 Å². The van der Waals surface area contributed by atoms with Crippen molar-refractivity contribution in [2.45, 2.75) is 24.6 Å². The van der Waals surface area contributed by atoms with Crippen molar-refractivity contribution in [2.24, 2.45) is 0 Å². The second-order valence-corrected chi connectivity index (χ2v) is 9.53. The maximum Gasteiger partial charge on any atom is 0.218 e. The minimum absolute atomic E-state index is 0.0391. The van der Waals surface area contributed by atoms with Gasteiger partial charge < -0.3 is 9.73 Å². The standard InChI is InChI=1S/C22H22N4O3S/c27-30(28,14-16-6-2-1-3-7-16)26-12-10-17(11-13-26)25-22-21-20(23-15-24-22)18-8-4-5-9-19(18)29-21/h1-9,15,17H,10-14H2,(H,23,24,25). The molecule has 0 saturated carbocycles. The molecule has 0 bridgehead atoms. The average molecular weight is 423 g/mol. The molecule has 0 atom stereocenters. The van der Waals surface area contributed by atoms with E-state index < -0.39 is 10.0 Å². The quantitative estimate of drug-likeness (QED) is 0.527. The zero-order valence-electron chi connectivity index (χ0n) is 16.4.